The summed E-state index contributed by atoms with van der Waals surface area (Å²) in [6.45, 7) is 2.89. The van der Waals surface area contributed by atoms with E-state index in [2.05, 4.69) is 5.32 Å². The minimum Gasteiger partial charge on any atom is -0.457 e. The first kappa shape index (κ1) is 17.3. The summed E-state index contributed by atoms with van der Waals surface area (Å²) >= 11 is 0. The zero-order valence-corrected chi connectivity index (χ0v) is 11.9. The fourth-order valence-corrected chi connectivity index (χ4v) is 2.05. The smallest absolute Gasteiger partial charge is 0.305 e. The van der Waals surface area contributed by atoms with Crippen LogP contribution in [0.4, 0.5) is 0 Å². The molecule has 120 valence electrons. The average molecular weight is 305 g/mol. The number of ether oxygens (including phenoxy) is 3. The summed E-state index contributed by atoms with van der Waals surface area (Å²) in [6.07, 6.45) is -5.02. The molecular formula is C12H19NO8. The second kappa shape index (κ2) is 7.34. The first-order chi connectivity index (χ1) is 9.76. The maximum absolute atomic E-state index is 11.3. The summed E-state index contributed by atoms with van der Waals surface area (Å²) in [5.41, 5.74) is 0. The first-order valence-electron chi connectivity index (χ1n) is 6.32. The Bertz CT molecular complexity index is 412. The fraction of sp³-hybridized carbons (Fsp3) is 0.750. The van der Waals surface area contributed by atoms with Crippen LogP contribution in [0.25, 0.3) is 0 Å². The molecule has 0 aromatic carbocycles. The van der Waals surface area contributed by atoms with Crippen molar-refractivity contribution in [3.05, 3.63) is 0 Å². The Labute approximate surface area is 121 Å². The number of carbonyl (C=O) groups excluding carboxylic acids is 3. The van der Waals surface area contributed by atoms with E-state index in [1.807, 2.05) is 0 Å². The van der Waals surface area contributed by atoms with Gasteiger partial charge in [0.15, 0.2) is 6.10 Å². The second-order valence-corrected chi connectivity index (χ2v) is 4.63. The average Bonchev–Trinajstić information content (AvgIpc) is 2.35. The van der Waals surface area contributed by atoms with Crippen LogP contribution in [-0.2, 0) is 28.6 Å². The number of nitrogens with one attached hydrogen (secondary N) is 1. The molecule has 5 atom stereocenters. The van der Waals surface area contributed by atoms with Gasteiger partial charge in [0.2, 0.25) is 12.2 Å². The Morgan fingerprint density at radius 1 is 1.14 bits per heavy atom. The lowest BCUT2D eigenvalue weighted by Crippen LogP contribution is -2.65. The summed E-state index contributed by atoms with van der Waals surface area (Å²) < 4.78 is 15.1. The molecule has 0 spiro atoms. The van der Waals surface area contributed by atoms with E-state index < -0.39 is 55.1 Å². The van der Waals surface area contributed by atoms with Crippen molar-refractivity contribution >= 4 is 17.8 Å². The third-order valence-corrected chi connectivity index (χ3v) is 2.81. The summed E-state index contributed by atoms with van der Waals surface area (Å²) in [4.78, 5) is 33.5. The number of esters is 2. The van der Waals surface area contributed by atoms with Gasteiger partial charge in [-0.15, -0.1) is 0 Å². The Hall–Kier alpha value is -1.71. The number of carbonyl (C=O) groups is 3. The highest BCUT2D eigenvalue weighted by Gasteiger charge is 2.49. The molecule has 0 radical (unpaired) electrons. The molecule has 21 heavy (non-hydrogen) atoms. The number of hydrogen-bond donors (Lipinski definition) is 3. The molecule has 1 aliphatic heterocycles. The van der Waals surface area contributed by atoms with Crippen molar-refractivity contribution in [2.24, 2.45) is 0 Å². The van der Waals surface area contributed by atoms with Crippen LogP contribution in [0.2, 0.25) is 0 Å². The molecule has 1 fully saturated rings. The van der Waals surface area contributed by atoms with Gasteiger partial charge < -0.3 is 29.7 Å². The van der Waals surface area contributed by atoms with E-state index in [1.165, 1.54) is 6.92 Å². The molecular weight excluding hydrogens is 286 g/mol. The van der Waals surface area contributed by atoms with Gasteiger partial charge in [0.25, 0.3) is 0 Å². The van der Waals surface area contributed by atoms with Crippen LogP contribution in [0.15, 0.2) is 0 Å². The molecule has 1 heterocycles. The molecule has 0 saturated carbocycles. The maximum atomic E-state index is 11.3. The highest BCUT2D eigenvalue weighted by molar-refractivity contribution is 5.73. The van der Waals surface area contributed by atoms with Crippen LogP contribution in [0, 0.1) is 0 Å². The number of amides is 1. The predicted octanol–water partition coefficient (Wildman–Crippen LogP) is -1.94. The van der Waals surface area contributed by atoms with Gasteiger partial charge in [-0.25, -0.2) is 0 Å². The van der Waals surface area contributed by atoms with E-state index in [0.717, 1.165) is 13.8 Å². The largest absolute Gasteiger partial charge is 0.457 e. The monoisotopic (exact) mass is 305 g/mol. The van der Waals surface area contributed by atoms with Crippen LogP contribution >= 0.6 is 0 Å². The van der Waals surface area contributed by atoms with E-state index in [0.29, 0.717) is 0 Å². The minimum absolute atomic E-state index is 0.493. The van der Waals surface area contributed by atoms with Crippen molar-refractivity contribution < 1.29 is 38.8 Å². The molecule has 1 aliphatic rings. The van der Waals surface area contributed by atoms with E-state index in [1.54, 1.807) is 0 Å². The second-order valence-electron chi connectivity index (χ2n) is 4.63. The third-order valence-electron chi connectivity index (χ3n) is 2.81. The van der Waals surface area contributed by atoms with Crippen LogP contribution in [0.3, 0.4) is 0 Å². The molecule has 9 nitrogen and oxygen atoms in total. The van der Waals surface area contributed by atoms with Crippen LogP contribution < -0.4 is 5.32 Å². The molecule has 0 aromatic heterocycles. The Balaban J connectivity index is 3.05. The number of rotatable bonds is 4. The van der Waals surface area contributed by atoms with Crippen molar-refractivity contribution in [1.82, 2.24) is 5.32 Å². The van der Waals surface area contributed by atoms with E-state index in [9.17, 15) is 24.6 Å². The molecule has 0 bridgehead atoms. The third kappa shape index (κ3) is 4.66. The quantitative estimate of drug-likeness (QED) is 0.511. The Kier molecular flexibility index (Phi) is 6.06. The molecule has 0 aromatic rings. The molecule has 0 aliphatic carbocycles. The van der Waals surface area contributed by atoms with Crippen molar-refractivity contribution in [3.8, 4) is 0 Å². The summed E-state index contributed by atoms with van der Waals surface area (Å²) in [7, 11) is 0. The van der Waals surface area contributed by atoms with Crippen LogP contribution in [0.5, 0.6) is 0 Å². The highest BCUT2D eigenvalue weighted by atomic mass is 16.7. The van der Waals surface area contributed by atoms with Gasteiger partial charge in [-0.1, -0.05) is 0 Å². The van der Waals surface area contributed by atoms with Gasteiger partial charge in [-0.2, -0.15) is 0 Å². The lowest BCUT2D eigenvalue weighted by atomic mass is 9.96. The van der Waals surface area contributed by atoms with Gasteiger partial charge in [-0.3, -0.25) is 14.4 Å². The van der Waals surface area contributed by atoms with Crippen LogP contribution in [-0.4, -0.2) is 65.3 Å². The lowest BCUT2D eigenvalue weighted by Gasteiger charge is -2.42. The first-order valence-corrected chi connectivity index (χ1v) is 6.32. The molecule has 3 N–H and O–H groups in total. The van der Waals surface area contributed by atoms with Crippen molar-refractivity contribution in [2.45, 2.75) is 51.4 Å². The molecule has 1 saturated heterocycles. The fourth-order valence-electron chi connectivity index (χ4n) is 2.05. The molecule has 0 unspecified atom stereocenters. The molecule has 1 amide bonds. The van der Waals surface area contributed by atoms with E-state index in [4.69, 9.17) is 14.2 Å². The van der Waals surface area contributed by atoms with Gasteiger partial charge in [0.1, 0.15) is 18.2 Å². The maximum Gasteiger partial charge on any atom is 0.305 e. The molecule has 1 rings (SSSR count). The van der Waals surface area contributed by atoms with Crippen LogP contribution in [0.1, 0.15) is 20.8 Å². The van der Waals surface area contributed by atoms with E-state index >= 15 is 0 Å². The van der Waals surface area contributed by atoms with Gasteiger partial charge in [-0.05, 0) is 0 Å². The van der Waals surface area contributed by atoms with Crippen molar-refractivity contribution in [2.75, 3.05) is 6.61 Å². The Morgan fingerprint density at radius 3 is 2.14 bits per heavy atom. The molecule has 9 heteroatoms. The predicted molar refractivity (Wildman–Crippen MR) is 66.7 cm³/mol. The standard InChI is InChI=1S/C12H19NO8/c1-5(15)13-9-11(19-6(2)16)10(18)8(4-14)21-12(9)20-7(3)17/h8-12,14,18H,4H2,1-3H3,(H,13,15)/t8-,9-,10-,11-,12-/m1/s1. The SMILES string of the molecule is CC(=O)N[C@H]1[C@H](OC(C)=O)O[C@H](CO)[C@@H](O)[C@@H]1OC(C)=O. The van der Waals surface area contributed by atoms with E-state index in [-0.39, 0.29) is 0 Å². The van der Waals surface area contributed by atoms with Gasteiger partial charge in [0, 0.05) is 20.8 Å². The number of hydrogen-bond acceptors (Lipinski definition) is 8. The van der Waals surface area contributed by atoms with Crippen molar-refractivity contribution in [1.29, 1.82) is 0 Å². The van der Waals surface area contributed by atoms with Gasteiger partial charge >= 0.3 is 11.9 Å². The highest BCUT2D eigenvalue weighted by Crippen LogP contribution is 2.24. The lowest BCUT2D eigenvalue weighted by molar-refractivity contribution is -0.265. The minimum atomic E-state index is -1.39. The summed E-state index contributed by atoms with van der Waals surface area (Å²) in [5, 5.41) is 21.6. The topological polar surface area (TPSA) is 131 Å². The Morgan fingerprint density at radius 2 is 1.71 bits per heavy atom. The van der Waals surface area contributed by atoms with Crippen molar-refractivity contribution in [3.63, 3.8) is 0 Å². The zero-order valence-electron chi connectivity index (χ0n) is 11.9. The van der Waals surface area contributed by atoms with Gasteiger partial charge in [0.05, 0.1) is 6.61 Å². The summed E-state index contributed by atoms with van der Waals surface area (Å²) in [5.74, 6) is -1.88. The number of aliphatic hydroxyl groups excluding tert-OH is 2. The zero-order chi connectivity index (χ0) is 16.2. The number of aliphatic hydroxyl groups is 2. The normalized spacial score (nSPS) is 32.1. The summed E-state index contributed by atoms with van der Waals surface area (Å²) in [6, 6.07) is -1.09.